The second kappa shape index (κ2) is 14.3. The van der Waals surface area contributed by atoms with E-state index < -0.39 is 49.6 Å². The van der Waals surface area contributed by atoms with Crippen molar-refractivity contribution >= 4 is 43.1 Å². The minimum Gasteiger partial charge on any atom is -0.324 e. The first kappa shape index (κ1) is 33.5. The molecule has 1 amide bonds. The van der Waals surface area contributed by atoms with Crippen molar-refractivity contribution in [2.24, 2.45) is 11.7 Å². The third kappa shape index (κ3) is 7.93. The lowest BCUT2D eigenvalue weighted by atomic mass is 9.77. The number of sulfonamides is 1. The number of carbonyl (C=O) groups is 1. The molecule has 0 bridgehead atoms. The summed E-state index contributed by atoms with van der Waals surface area (Å²) < 4.78 is 67.9. The lowest BCUT2D eigenvalue weighted by Crippen LogP contribution is -2.53. The van der Waals surface area contributed by atoms with Crippen LogP contribution < -0.4 is 16.4 Å². The summed E-state index contributed by atoms with van der Waals surface area (Å²) in [5.74, 6) is -1.63. The fourth-order valence-electron chi connectivity index (χ4n) is 6.38. The molecule has 0 radical (unpaired) electrons. The molecule has 4 N–H and O–H groups in total. The summed E-state index contributed by atoms with van der Waals surface area (Å²) in [7, 11) is -6.89. The van der Waals surface area contributed by atoms with Crippen LogP contribution in [-0.4, -0.2) is 70.3 Å². The Morgan fingerprint density at radius 3 is 2.42 bits per heavy atom. The average Bonchev–Trinajstić information content (AvgIpc) is 3.03. The number of piperazine rings is 1. The number of benzene rings is 3. The van der Waals surface area contributed by atoms with Crippen molar-refractivity contribution in [1.29, 1.82) is 0 Å². The highest BCUT2D eigenvalue weighted by Gasteiger charge is 2.37. The Hall–Kier alpha value is -2.87. The van der Waals surface area contributed by atoms with Crippen LogP contribution in [0.2, 0.25) is 5.02 Å². The molecule has 0 spiro atoms. The van der Waals surface area contributed by atoms with Crippen molar-refractivity contribution in [3.05, 3.63) is 94.8 Å². The average molecular weight is 677 g/mol. The van der Waals surface area contributed by atoms with E-state index in [9.17, 15) is 21.6 Å². The van der Waals surface area contributed by atoms with Gasteiger partial charge in [-0.25, -0.2) is 21.2 Å². The van der Waals surface area contributed by atoms with Gasteiger partial charge in [-0.15, -0.1) is 0 Å². The van der Waals surface area contributed by atoms with Crippen LogP contribution in [0.3, 0.4) is 0 Å². The molecule has 3 aromatic rings. The Bertz CT molecular complexity index is 1700. The summed E-state index contributed by atoms with van der Waals surface area (Å²) in [5.41, 5.74) is 7.90. The van der Waals surface area contributed by atoms with E-state index in [1.807, 2.05) is 0 Å². The topological polar surface area (TPSA) is 139 Å². The number of carbonyl (C=O) groups excluding carboxylic acids is 1. The SMILES string of the molecule is N[C@H](C(=O)Nc1cccc(F)c1CC[C@H]1CNCCN1S(=O)(=O)c1ccccc1)[C@@H](c1ccc(Cl)cc1)C1CCS(=O)(=O)CC1. The van der Waals surface area contributed by atoms with Crippen LogP contribution in [0.25, 0.3) is 0 Å². The molecule has 2 saturated heterocycles. The third-order valence-corrected chi connectivity index (χ3v) is 12.7. The fraction of sp³-hybridized carbons (Fsp3) is 0.406. The number of amides is 1. The smallest absolute Gasteiger partial charge is 0.243 e. The first-order chi connectivity index (χ1) is 21.5. The highest BCUT2D eigenvalue weighted by atomic mass is 35.5. The predicted octanol–water partition coefficient (Wildman–Crippen LogP) is 3.95. The molecule has 9 nitrogen and oxygen atoms in total. The van der Waals surface area contributed by atoms with Crippen LogP contribution in [0.15, 0.2) is 77.7 Å². The maximum atomic E-state index is 15.3. The summed E-state index contributed by atoms with van der Waals surface area (Å²) in [6, 6.07) is 18.2. The van der Waals surface area contributed by atoms with Crippen LogP contribution in [0, 0.1) is 11.7 Å². The van der Waals surface area contributed by atoms with Gasteiger partial charge in [0.25, 0.3) is 0 Å². The Morgan fingerprint density at radius 1 is 1.04 bits per heavy atom. The Morgan fingerprint density at radius 2 is 1.73 bits per heavy atom. The second-order valence-electron chi connectivity index (χ2n) is 11.7. The molecular formula is C32H38ClFN4O5S2. The Kier molecular flexibility index (Phi) is 10.6. The van der Waals surface area contributed by atoms with E-state index in [1.165, 1.54) is 16.4 Å². The van der Waals surface area contributed by atoms with Crippen LogP contribution >= 0.6 is 11.6 Å². The second-order valence-corrected chi connectivity index (χ2v) is 16.3. The van der Waals surface area contributed by atoms with Crippen molar-refractivity contribution in [1.82, 2.24) is 9.62 Å². The normalized spacial score (nSPS) is 20.7. The molecule has 13 heteroatoms. The summed E-state index contributed by atoms with van der Waals surface area (Å²) >= 11 is 6.11. The van der Waals surface area contributed by atoms with Crippen molar-refractivity contribution in [2.75, 3.05) is 36.5 Å². The molecule has 5 rings (SSSR count). The summed E-state index contributed by atoms with van der Waals surface area (Å²) in [5, 5.41) is 6.59. The quantitative estimate of drug-likeness (QED) is 0.296. The zero-order valence-corrected chi connectivity index (χ0v) is 27.1. The summed E-state index contributed by atoms with van der Waals surface area (Å²) in [4.78, 5) is 13.9. The van der Waals surface area contributed by atoms with Gasteiger partial charge < -0.3 is 16.4 Å². The molecule has 0 aromatic heterocycles. The molecule has 3 aromatic carbocycles. The third-order valence-electron chi connectivity index (χ3n) is 8.80. The highest BCUT2D eigenvalue weighted by Crippen LogP contribution is 2.37. The molecule has 0 saturated carbocycles. The first-order valence-electron chi connectivity index (χ1n) is 15.0. The van der Waals surface area contributed by atoms with Gasteiger partial charge in [0.2, 0.25) is 15.9 Å². The lowest BCUT2D eigenvalue weighted by molar-refractivity contribution is -0.118. The number of anilines is 1. The van der Waals surface area contributed by atoms with E-state index >= 15 is 4.39 Å². The molecular weight excluding hydrogens is 639 g/mol. The van der Waals surface area contributed by atoms with Gasteiger partial charge in [0, 0.05) is 47.9 Å². The van der Waals surface area contributed by atoms with Crippen LogP contribution in [0.5, 0.6) is 0 Å². The summed E-state index contributed by atoms with van der Waals surface area (Å²) in [6.07, 6.45) is 1.24. The molecule has 242 valence electrons. The molecule has 2 fully saturated rings. The molecule has 2 aliphatic heterocycles. The van der Waals surface area contributed by atoms with Gasteiger partial charge in [0.15, 0.2) is 0 Å². The number of rotatable bonds is 10. The van der Waals surface area contributed by atoms with E-state index in [-0.39, 0.29) is 46.5 Å². The number of hydrogen-bond acceptors (Lipinski definition) is 7. The maximum Gasteiger partial charge on any atom is 0.243 e. The first-order valence-corrected chi connectivity index (χ1v) is 18.7. The van der Waals surface area contributed by atoms with Crippen LogP contribution in [0.4, 0.5) is 10.1 Å². The van der Waals surface area contributed by atoms with E-state index in [2.05, 4.69) is 10.6 Å². The van der Waals surface area contributed by atoms with Gasteiger partial charge in [0.1, 0.15) is 15.7 Å². The largest absolute Gasteiger partial charge is 0.324 e. The van der Waals surface area contributed by atoms with Crippen LogP contribution in [0.1, 0.15) is 36.3 Å². The Labute approximate surface area is 269 Å². The van der Waals surface area contributed by atoms with Gasteiger partial charge in [-0.1, -0.05) is 48.0 Å². The van der Waals surface area contributed by atoms with Gasteiger partial charge in [-0.3, -0.25) is 4.79 Å². The zero-order valence-electron chi connectivity index (χ0n) is 24.7. The maximum absolute atomic E-state index is 15.3. The molecule has 2 aliphatic rings. The van der Waals surface area contributed by atoms with E-state index in [0.29, 0.717) is 37.4 Å². The minimum absolute atomic E-state index is 0.0250. The number of nitrogens with two attached hydrogens (primary N) is 1. The van der Waals surface area contributed by atoms with Gasteiger partial charge in [-0.2, -0.15) is 4.31 Å². The van der Waals surface area contributed by atoms with Crippen molar-refractivity contribution in [3.63, 3.8) is 0 Å². The van der Waals surface area contributed by atoms with Crippen molar-refractivity contribution in [3.8, 4) is 0 Å². The van der Waals surface area contributed by atoms with E-state index in [4.69, 9.17) is 17.3 Å². The lowest BCUT2D eigenvalue weighted by Gasteiger charge is -2.35. The Balaban J connectivity index is 1.34. The minimum atomic E-state index is -3.76. The molecule has 0 aliphatic carbocycles. The molecule has 3 atom stereocenters. The predicted molar refractivity (Wildman–Crippen MR) is 174 cm³/mol. The van der Waals surface area contributed by atoms with E-state index in [1.54, 1.807) is 60.7 Å². The van der Waals surface area contributed by atoms with Gasteiger partial charge in [-0.05, 0) is 73.6 Å². The molecule has 2 heterocycles. The number of nitrogens with zero attached hydrogens (tertiary/aromatic N) is 1. The van der Waals surface area contributed by atoms with Crippen molar-refractivity contribution in [2.45, 2.75) is 48.6 Å². The van der Waals surface area contributed by atoms with Crippen LogP contribution in [-0.2, 0) is 31.1 Å². The van der Waals surface area contributed by atoms with Gasteiger partial charge >= 0.3 is 0 Å². The number of nitrogens with one attached hydrogen (secondary N) is 2. The monoisotopic (exact) mass is 676 g/mol. The molecule has 0 unspecified atom stereocenters. The standard InChI is InChI=1S/C32H38ClFN4O5S2/c33-24-11-9-22(10-12-24)30(23-15-19-44(40,41)20-16-23)31(35)32(39)37-29-8-4-7-28(34)27(29)14-13-25-21-36-17-18-38(25)45(42,43)26-5-2-1-3-6-26/h1-12,23,25,30-31,36H,13-21,35H2,(H,37,39)/t25-,30-,31-/m0/s1. The van der Waals surface area contributed by atoms with E-state index in [0.717, 1.165) is 5.56 Å². The fourth-order valence-corrected chi connectivity index (χ4v) is 9.71. The zero-order chi connectivity index (χ0) is 32.2. The van der Waals surface area contributed by atoms with Gasteiger partial charge in [0.05, 0.1) is 22.4 Å². The molecule has 45 heavy (non-hydrogen) atoms. The summed E-state index contributed by atoms with van der Waals surface area (Å²) in [6.45, 7) is 1.20. The van der Waals surface area contributed by atoms with Crippen molar-refractivity contribution < 1.29 is 26.0 Å². The number of hydrogen-bond donors (Lipinski definition) is 3. The number of halogens is 2. The number of sulfone groups is 1. The highest BCUT2D eigenvalue weighted by molar-refractivity contribution is 7.91.